The average molecular weight is 382 g/mol. The van der Waals surface area contributed by atoms with Crippen molar-refractivity contribution in [3.63, 3.8) is 0 Å². The van der Waals surface area contributed by atoms with Crippen molar-refractivity contribution in [3.05, 3.63) is 82.6 Å². The van der Waals surface area contributed by atoms with Gasteiger partial charge in [-0.15, -0.1) is 0 Å². The average Bonchev–Trinajstić information content (AvgIpc) is 2.69. The van der Waals surface area contributed by atoms with Crippen molar-refractivity contribution < 1.29 is 9.53 Å². The van der Waals surface area contributed by atoms with Crippen LogP contribution < -0.4 is 15.4 Å². The van der Waals surface area contributed by atoms with Gasteiger partial charge >= 0.3 is 0 Å². The molecule has 2 aromatic carbocycles. The van der Waals surface area contributed by atoms with Crippen LogP contribution in [0.25, 0.3) is 0 Å². The topological polar surface area (TPSA) is 63.2 Å². The molecule has 0 unspecified atom stereocenters. The maximum absolute atomic E-state index is 12.5. The van der Waals surface area contributed by atoms with Gasteiger partial charge in [0.05, 0.1) is 18.4 Å². The molecule has 1 amide bonds. The van der Waals surface area contributed by atoms with Crippen molar-refractivity contribution >= 4 is 28.9 Å². The highest BCUT2D eigenvalue weighted by molar-refractivity contribution is 6.30. The summed E-state index contributed by atoms with van der Waals surface area (Å²) < 4.78 is 5.35. The van der Waals surface area contributed by atoms with Crippen LogP contribution in [0.15, 0.2) is 60.9 Å². The number of carbonyl (C=O) groups excluding carboxylic acids is 1. The first-order chi connectivity index (χ1) is 13.1. The second-order valence-electron chi connectivity index (χ2n) is 6.04. The van der Waals surface area contributed by atoms with Gasteiger partial charge in [0.25, 0.3) is 5.91 Å². The summed E-state index contributed by atoms with van der Waals surface area (Å²) in [5.74, 6) is 0.582. The number of pyridine rings is 1. The Labute approximate surface area is 163 Å². The van der Waals surface area contributed by atoms with Crippen LogP contribution in [-0.4, -0.2) is 18.0 Å². The number of ether oxygens (including phenoxy) is 1. The smallest absolute Gasteiger partial charge is 0.257 e. The Hall–Kier alpha value is -3.05. The molecule has 0 fully saturated rings. The second kappa shape index (κ2) is 8.56. The van der Waals surface area contributed by atoms with E-state index in [0.717, 1.165) is 28.3 Å². The summed E-state index contributed by atoms with van der Waals surface area (Å²) in [7, 11) is 1.64. The number of halogens is 1. The Balaban J connectivity index is 1.70. The minimum absolute atomic E-state index is 0.228. The van der Waals surface area contributed by atoms with Crippen molar-refractivity contribution in [2.75, 3.05) is 17.7 Å². The molecule has 2 N–H and O–H groups in total. The number of hydrogen-bond donors (Lipinski definition) is 2. The normalized spacial score (nSPS) is 10.3. The van der Waals surface area contributed by atoms with E-state index in [1.165, 1.54) is 6.20 Å². The van der Waals surface area contributed by atoms with Gasteiger partial charge in [0.15, 0.2) is 0 Å². The van der Waals surface area contributed by atoms with Crippen molar-refractivity contribution in [1.82, 2.24) is 4.98 Å². The van der Waals surface area contributed by atoms with Gasteiger partial charge in [0.1, 0.15) is 5.75 Å². The fourth-order valence-electron chi connectivity index (χ4n) is 2.67. The first kappa shape index (κ1) is 18.7. The number of carbonyl (C=O) groups is 1. The summed E-state index contributed by atoms with van der Waals surface area (Å²) in [5, 5.41) is 6.80. The zero-order valence-electron chi connectivity index (χ0n) is 15.1. The van der Waals surface area contributed by atoms with Crippen LogP contribution in [0.3, 0.4) is 0 Å². The number of aromatic nitrogens is 1. The molecule has 0 aliphatic carbocycles. The molecule has 0 saturated carbocycles. The van der Waals surface area contributed by atoms with Gasteiger partial charge in [0.2, 0.25) is 0 Å². The van der Waals surface area contributed by atoms with E-state index in [4.69, 9.17) is 16.3 Å². The van der Waals surface area contributed by atoms with E-state index >= 15 is 0 Å². The molecule has 0 spiro atoms. The standard InChI is InChI=1S/C21H20ClN3O2/c1-14-9-17(22)7-8-19(14)25-21(26)16-10-18(13-23-11-16)24-12-15-5-3-4-6-20(15)27-2/h3-11,13,24H,12H2,1-2H3,(H,25,26). The van der Waals surface area contributed by atoms with E-state index in [1.807, 2.05) is 31.2 Å². The van der Waals surface area contributed by atoms with E-state index in [0.29, 0.717) is 17.1 Å². The molecule has 5 nitrogen and oxygen atoms in total. The number of nitrogens with zero attached hydrogens (tertiary/aromatic N) is 1. The molecule has 0 radical (unpaired) electrons. The van der Waals surface area contributed by atoms with E-state index in [9.17, 15) is 4.79 Å². The van der Waals surface area contributed by atoms with Crippen LogP contribution in [0, 0.1) is 6.92 Å². The van der Waals surface area contributed by atoms with Crippen LogP contribution in [0.4, 0.5) is 11.4 Å². The third kappa shape index (κ3) is 4.77. The number of nitrogens with one attached hydrogen (secondary N) is 2. The SMILES string of the molecule is COc1ccccc1CNc1cncc(C(=O)Nc2ccc(Cl)cc2C)c1. The maximum atomic E-state index is 12.5. The predicted molar refractivity (Wildman–Crippen MR) is 109 cm³/mol. The van der Waals surface area contributed by atoms with Gasteiger partial charge < -0.3 is 15.4 Å². The zero-order chi connectivity index (χ0) is 19.2. The largest absolute Gasteiger partial charge is 0.496 e. The number of amides is 1. The fraction of sp³-hybridized carbons (Fsp3) is 0.143. The second-order valence-corrected chi connectivity index (χ2v) is 6.48. The number of methoxy groups -OCH3 is 1. The monoisotopic (exact) mass is 381 g/mol. The highest BCUT2D eigenvalue weighted by Crippen LogP contribution is 2.21. The van der Waals surface area contributed by atoms with E-state index in [1.54, 1.807) is 37.6 Å². The summed E-state index contributed by atoms with van der Waals surface area (Å²) in [4.78, 5) is 16.7. The fourth-order valence-corrected chi connectivity index (χ4v) is 2.90. The van der Waals surface area contributed by atoms with Crippen LogP contribution in [-0.2, 0) is 6.54 Å². The Kier molecular flexibility index (Phi) is 5.94. The van der Waals surface area contributed by atoms with Crippen molar-refractivity contribution in [3.8, 4) is 5.75 Å². The number of anilines is 2. The summed E-state index contributed by atoms with van der Waals surface area (Å²) in [5.41, 5.74) is 3.86. The number of hydrogen-bond acceptors (Lipinski definition) is 4. The molecule has 0 bridgehead atoms. The van der Waals surface area contributed by atoms with Crippen molar-refractivity contribution in [2.24, 2.45) is 0 Å². The molecule has 0 aliphatic heterocycles. The molecular weight excluding hydrogens is 362 g/mol. The molecule has 0 atom stereocenters. The van der Waals surface area contributed by atoms with E-state index in [2.05, 4.69) is 15.6 Å². The number of aryl methyl sites for hydroxylation is 1. The summed E-state index contributed by atoms with van der Waals surface area (Å²) in [6.07, 6.45) is 3.22. The first-order valence-electron chi connectivity index (χ1n) is 8.45. The molecule has 1 aromatic heterocycles. The molecule has 3 aromatic rings. The molecule has 0 saturated heterocycles. The third-order valence-electron chi connectivity index (χ3n) is 4.11. The summed E-state index contributed by atoms with van der Waals surface area (Å²) in [6, 6.07) is 14.9. The lowest BCUT2D eigenvalue weighted by atomic mass is 10.1. The number of rotatable bonds is 6. The van der Waals surface area contributed by atoms with Gasteiger partial charge in [-0.05, 0) is 42.8 Å². The number of benzene rings is 2. The lowest BCUT2D eigenvalue weighted by molar-refractivity contribution is 0.102. The molecule has 3 rings (SSSR count). The maximum Gasteiger partial charge on any atom is 0.257 e. The minimum atomic E-state index is -0.228. The third-order valence-corrected chi connectivity index (χ3v) is 4.35. The highest BCUT2D eigenvalue weighted by atomic mass is 35.5. The van der Waals surface area contributed by atoms with Gasteiger partial charge in [0, 0.05) is 35.2 Å². The lowest BCUT2D eigenvalue weighted by Gasteiger charge is -2.12. The van der Waals surface area contributed by atoms with Crippen LogP contribution in [0.1, 0.15) is 21.5 Å². The predicted octanol–water partition coefficient (Wildman–Crippen LogP) is 4.92. The molecule has 1 heterocycles. The molecule has 27 heavy (non-hydrogen) atoms. The van der Waals surface area contributed by atoms with Crippen LogP contribution >= 0.6 is 11.6 Å². The minimum Gasteiger partial charge on any atom is -0.496 e. The zero-order valence-corrected chi connectivity index (χ0v) is 15.9. The molecule has 6 heteroatoms. The van der Waals surface area contributed by atoms with Gasteiger partial charge in [-0.1, -0.05) is 29.8 Å². The van der Waals surface area contributed by atoms with Crippen LogP contribution in [0.2, 0.25) is 5.02 Å². The molecule has 0 aliphatic rings. The van der Waals surface area contributed by atoms with Gasteiger partial charge in [-0.2, -0.15) is 0 Å². The Morgan fingerprint density at radius 1 is 1.15 bits per heavy atom. The Morgan fingerprint density at radius 3 is 2.74 bits per heavy atom. The van der Waals surface area contributed by atoms with Gasteiger partial charge in [-0.25, -0.2) is 0 Å². The quantitative estimate of drug-likeness (QED) is 0.636. The molecule has 138 valence electrons. The van der Waals surface area contributed by atoms with Crippen molar-refractivity contribution in [2.45, 2.75) is 13.5 Å². The van der Waals surface area contributed by atoms with Crippen LogP contribution in [0.5, 0.6) is 5.75 Å². The number of para-hydroxylation sites is 1. The van der Waals surface area contributed by atoms with Crippen molar-refractivity contribution in [1.29, 1.82) is 0 Å². The summed E-state index contributed by atoms with van der Waals surface area (Å²) in [6.45, 7) is 2.46. The lowest BCUT2D eigenvalue weighted by Crippen LogP contribution is -2.13. The summed E-state index contributed by atoms with van der Waals surface area (Å²) >= 11 is 5.96. The van der Waals surface area contributed by atoms with E-state index < -0.39 is 0 Å². The Bertz CT molecular complexity index is 960. The van der Waals surface area contributed by atoms with E-state index in [-0.39, 0.29) is 5.91 Å². The highest BCUT2D eigenvalue weighted by Gasteiger charge is 2.10. The van der Waals surface area contributed by atoms with Gasteiger partial charge in [-0.3, -0.25) is 9.78 Å². The first-order valence-corrected chi connectivity index (χ1v) is 8.83. The Morgan fingerprint density at radius 2 is 1.96 bits per heavy atom. The molecular formula is C21H20ClN3O2.